The molecule has 2 aliphatic rings. The lowest BCUT2D eigenvalue weighted by molar-refractivity contribution is 0.314. The van der Waals surface area contributed by atoms with E-state index in [4.69, 9.17) is 0 Å². The Kier molecular flexibility index (Phi) is 8.00. The topological polar surface area (TPSA) is 39.7 Å². The van der Waals surface area contributed by atoms with Crippen LogP contribution in [-0.2, 0) is 6.42 Å². The van der Waals surface area contributed by atoms with Gasteiger partial charge in [0.25, 0.3) is 0 Å². The fourth-order valence-electron chi connectivity index (χ4n) is 3.80. The summed E-state index contributed by atoms with van der Waals surface area (Å²) in [7, 11) is 1.86. The van der Waals surface area contributed by atoms with Crippen molar-refractivity contribution in [2.75, 3.05) is 33.2 Å². The summed E-state index contributed by atoms with van der Waals surface area (Å²) in [4.78, 5) is 7.03. The fourth-order valence-corrected chi connectivity index (χ4v) is 3.80. The van der Waals surface area contributed by atoms with Crippen LogP contribution in [0.3, 0.4) is 0 Å². The van der Waals surface area contributed by atoms with Crippen LogP contribution < -0.4 is 10.6 Å². The van der Waals surface area contributed by atoms with E-state index in [-0.39, 0.29) is 24.0 Å². The van der Waals surface area contributed by atoms with Crippen molar-refractivity contribution in [1.82, 2.24) is 15.5 Å². The number of hydrogen-bond acceptors (Lipinski definition) is 2. The Bertz CT molecular complexity index is 563. The number of hydrogen-bond donors (Lipinski definition) is 2. The molecule has 3 rings (SSSR count). The average molecular weight is 456 g/mol. The Morgan fingerprint density at radius 2 is 1.84 bits per heavy atom. The lowest BCUT2D eigenvalue weighted by atomic mass is 10.1. The Balaban J connectivity index is 0.00000225. The Morgan fingerprint density at radius 1 is 1.12 bits per heavy atom. The predicted octanol–water partition coefficient (Wildman–Crippen LogP) is 3.11. The Hall–Kier alpha value is -0.820. The number of nitrogens with one attached hydrogen (secondary N) is 2. The molecule has 1 atom stereocenters. The molecule has 1 aromatic carbocycles. The van der Waals surface area contributed by atoms with Crippen molar-refractivity contribution in [2.45, 2.75) is 45.6 Å². The summed E-state index contributed by atoms with van der Waals surface area (Å²) in [5, 5.41) is 6.96. The number of aryl methyl sites for hydroxylation is 2. The highest BCUT2D eigenvalue weighted by Crippen LogP contribution is 2.31. The van der Waals surface area contributed by atoms with E-state index in [1.807, 2.05) is 7.05 Å². The average Bonchev–Trinajstić information content (AvgIpc) is 3.29. The molecule has 1 aliphatic heterocycles. The molecule has 1 saturated heterocycles. The van der Waals surface area contributed by atoms with Crippen LogP contribution in [-0.4, -0.2) is 50.1 Å². The molecule has 0 bridgehead atoms. The van der Waals surface area contributed by atoms with Crippen molar-refractivity contribution < 1.29 is 0 Å². The second-order valence-electron chi connectivity index (χ2n) is 7.51. The quantitative estimate of drug-likeness (QED) is 0.393. The molecule has 1 saturated carbocycles. The van der Waals surface area contributed by atoms with Crippen LogP contribution in [0.15, 0.2) is 23.2 Å². The minimum atomic E-state index is 0. The largest absolute Gasteiger partial charge is 0.356 e. The van der Waals surface area contributed by atoms with Crippen molar-refractivity contribution >= 4 is 29.9 Å². The zero-order valence-corrected chi connectivity index (χ0v) is 18.2. The zero-order valence-electron chi connectivity index (χ0n) is 15.8. The number of likely N-dealkylation sites (tertiary alicyclic amines) is 1. The summed E-state index contributed by atoms with van der Waals surface area (Å²) >= 11 is 0. The molecule has 5 heteroatoms. The van der Waals surface area contributed by atoms with Gasteiger partial charge in [-0.15, -0.1) is 24.0 Å². The van der Waals surface area contributed by atoms with Gasteiger partial charge < -0.3 is 15.5 Å². The van der Waals surface area contributed by atoms with Crippen molar-refractivity contribution in [3.8, 4) is 0 Å². The highest BCUT2D eigenvalue weighted by Gasteiger charge is 2.34. The molecular weight excluding hydrogens is 423 g/mol. The van der Waals surface area contributed by atoms with E-state index in [1.165, 1.54) is 49.0 Å². The van der Waals surface area contributed by atoms with Crippen molar-refractivity contribution in [3.05, 3.63) is 34.9 Å². The number of benzene rings is 1. The van der Waals surface area contributed by atoms with Crippen LogP contribution in [0.1, 0.15) is 36.0 Å². The molecule has 1 aliphatic carbocycles. The predicted molar refractivity (Wildman–Crippen MR) is 117 cm³/mol. The van der Waals surface area contributed by atoms with Crippen molar-refractivity contribution in [1.29, 1.82) is 0 Å². The third-order valence-electron chi connectivity index (χ3n) is 5.15. The lowest BCUT2D eigenvalue weighted by Gasteiger charge is -2.17. The Morgan fingerprint density at radius 3 is 2.48 bits per heavy atom. The third kappa shape index (κ3) is 6.44. The van der Waals surface area contributed by atoms with Crippen molar-refractivity contribution in [3.63, 3.8) is 0 Å². The fraction of sp³-hybridized carbons (Fsp3) is 0.650. The Labute approximate surface area is 169 Å². The second kappa shape index (κ2) is 9.76. The molecule has 1 aromatic rings. The monoisotopic (exact) mass is 456 g/mol. The van der Waals surface area contributed by atoms with Gasteiger partial charge >= 0.3 is 0 Å². The molecular formula is C20H33IN4. The summed E-state index contributed by atoms with van der Waals surface area (Å²) in [6, 6.07) is 7.68. The van der Waals surface area contributed by atoms with E-state index in [1.54, 1.807) is 0 Å². The van der Waals surface area contributed by atoms with Gasteiger partial charge in [-0.1, -0.05) is 29.3 Å². The minimum absolute atomic E-state index is 0. The van der Waals surface area contributed by atoms with Crippen LogP contribution in [0.2, 0.25) is 0 Å². The highest BCUT2D eigenvalue weighted by molar-refractivity contribution is 14.0. The van der Waals surface area contributed by atoms with E-state index in [2.05, 4.69) is 52.6 Å². The summed E-state index contributed by atoms with van der Waals surface area (Å²) in [6.45, 7) is 8.83. The smallest absolute Gasteiger partial charge is 0.190 e. The van der Waals surface area contributed by atoms with Crippen LogP contribution in [0, 0.1) is 19.8 Å². The number of rotatable bonds is 6. The highest BCUT2D eigenvalue weighted by atomic mass is 127. The maximum Gasteiger partial charge on any atom is 0.190 e. The molecule has 0 radical (unpaired) electrons. The number of guanidine groups is 1. The first-order chi connectivity index (χ1) is 11.6. The summed E-state index contributed by atoms with van der Waals surface area (Å²) in [6.07, 6.45) is 5.19. The first-order valence-corrected chi connectivity index (χ1v) is 9.40. The zero-order chi connectivity index (χ0) is 16.9. The third-order valence-corrected chi connectivity index (χ3v) is 5.15. The summed E-state index contributed by atoms with van der Waals surface area (Å²) in [5.41, 5.74) is 4.08. The normalized spacial score (nSPS) is 21.1. The molecule has 1 unspecified atom stereocenters. The molecule has 140 valence electrons. The van der Waals surface area contributed by atoms with E-state index in [9.17, 15) is 0 Å². The van der Waals surface area contributed by atoms with E-state index in [0.717, 1.165) is 37.4 Å². The van der Waals surface area contributed by atoms with E-state index in [0.29, 0.717) is 0 Å². The SMILES string of the molecule is CN=C(NCCc1cc(C)cc(C)c1)NCC1CCN(C2CC2)C1.I. The maximum atomic E-state index is 4.36. The van der Waals surface area contributed by atoms with Gasteiger partial charge in [-0.3, -0.25) is 4.99 Å². The van der Waals surface area contributed by atoms with Gasteiger partial charge in [0.2, 0.25) is 0 Å². The van der Waals surface area contributed by atoms with Crippen LogP contribution >= 0.6 is 24.0 Å². The van der Waals surface area contributed by atoms with E-state index < -0.39 is 0 Å². The molecule has 0 amide bonds. The molecule has 25 heavy (non-hydrogen) atoms. The lowest BCUT2D eigenvalue weighted by Crippen LogP contribution is -2.41. The standard InChI is InChI=1S/C20H32N4.HI/c1-15-10-16(2)12-17(11-15)6-8-22-20(21-3)23-13-18-7-9-24(14-18)19-4-5-19;/h10-12,18-19H,4-9,13-14H2,1-3H3,(H2,21,22,23);1H. The van der Waals surface area contributed by atoms with Crippen molar-refractivity contribution in [2.24, 2.45) is 10.9 Å². The van der Waals surface area contributed by atoms with Crippen LogP contribution in [0.5, 0.6) is 0 Å². The number of nitrogens with zero attached hydrogens (tertiary/aromatic N) is 2. The summed E-state index contributed by atoms with van der Waals surface area (Å²) < 4.78 is 0. The number of halogens is 1. The molecule has 1 heterocycles. The maximum absolute atomic E-state index is 4.36. The molecule has 0 spiro atoms. The summed E-state index contributed by atoms with van der Waals surface area (Å²) in [5.74, 6) is 1.70. The van der Waals surface area contributed by atoms with Gasteiger partial charge in [0.15, 0.2) is 5.96 Å². The first kappa shape index (κ1) is 20.5. The van der Waals surface area contributed by atoms with Crippen LogP contribution in [0.4, 0.5) is 0 Å². The second-order valence-corrected chi connectivity index (χ2v) is 7.51. The van der Waals surface area contributed by atoms with Gasteiger partial charge in [-0.05, 0) is 57.6 Å². The van der Waals surface area contributed by atoms with Gasteiger partial charge in [0.05, 0.1) is 0 Å². The number of aliphatic imine (C=N–C) groups is 1. The molecule has 2 fully saturated rings. The van der Waals surface area contributed by atoms with E-state index >= 15 is 0 Å². The van der Waals surface area contributed by atoms with Gasteiger partial charge in [0, 0.05) is 32.7 Å². The first-order valence-electron chi connectivity index (χ1n) is 9.40. The molecule has 0 aromatic heterocycles. The van der Waals surface area contributed by atoms with Crippen LogP contribution in [0.25, 0.3) is 0 Å². The molecule has 4 nitrogen and oxygen atoms in total. The van der Waals surface area contributed by atoms with Gasteiger partial charge in [-0.25, -0.2) is 0 Å². The molecule has 2 N–H and O–H groups in total. The van der Waals surface area contributed by atoms with Gasteiger partial charge in [-0.2, -0.15) is 0 Å². The van der Waals surface area contributed by atoms with Gasteiger partial charge in [0.1, 0.15) is 0 Å². The minimum Gasteiger partial charge on any atom is -0.356 e.